The maximum Gasteiger partial charge on any atom is 0.168 e. The van der Waals surface area contributed by atoms with E-state index in [0.717, 1.165) is 31.9 Å². The Kier molecular flexibility index (Phi) is 7.87. The molecular weight excluding hydrogens is 264 g/mol. The van der Waals surface area contributed by atoms with Crippen molar-refractivity contribution in [3.8, 4) is 0 Å². The zero-order valence-corrected chi connectivity index (χ0v) is 12.1. The van der Waals surface area contributed by atoms with E-state index >= 15 is 0 Å². The van der Waals surface area contributed by atoms with Crippen molar-refractivity contribution >= 4 is 11.6 Å². The summed E-state index contributed by atoms with van der Waals surface area (Å²) >= 11 is 0. The average molecular weight is 287 g/mol. The fourth-order valence-corrected chi connectivity index (χ4v) is 1.59. The lowest BCUT2D eigenvalue weighted by atomic mass is 10.3. The third kappa shape index (κ3) is 5.69. The highest BCUT2D eigenvalue weighted by Gasteiger charge is 2.11. The summed E-state index contributed by atoms with van der Waals surface area (Å²) in [4.78, 5) is 3.93. The molecule has 1 rings (SSSR count). The first-order valence-electron chi connectivity index (χ1n) is 7.10. The van der Waals surface area contributed by atoms with Crippen molar-refractivity contribution in [3.63, 3.8) is 0 Å². The largest absolute Gasteiger partial charge is 0.381 e. The van der Waals surface area contributed by atoms with Crippen LogP contribution in [0.25, 0.3) is 0 Å². The van der Waals surface area contributed by atoms with Gasteiger partial charge >= 0.3 is 0 Å². The van der Waals surface area contributed by atoms with Crippen LogP contribution >= 0.6 is 0 Å². The number of rotatable bonds is 10. The Hall–Kier alpha value is -1.43. The van der Waals surface area contributed by atoms with Gasteiger partial charge in [0.25, 0.3) is 0 Å². The molecule has 0 aliphatic carbocycles. The van der Waals surface area contributed by atoms with Crippen LogP contribution in [0.15, 0.2) is 6.07 Å². The smallest absolute Gasteiger partial charge is 0.168 e. The van der Waals surface area contributed by atoms with E-state index in [-0.39, 0.29) is 11.6 Å². The lowest BCUT2D eigenvalue weighted by Crippen LogP contribution is -2.11. The molecular formula is C14H23F2N3O. The van der Waals surface area contributed by atoms with Gasteiger partial charge in [0.05, 0.1) is 0 Å². The molecule has 0 atom stereocenters. The summed E-state index contributed by atoms with van der Waals surface area (Å²) in [5.74, 6) is -1.20. The molecule has 0 bridgehead atoms. The zero-order chi connectivity index (χ0) is 14.8. The molecule has 0 saturated carbocycles. The summed E-state index contributed by atoms with van der Waals surface area (Å²) in [5, 5.41) is 5.69. The Morgan fingerprint density at radius 2 is 1.65 bits per heavy atom. The minimum atomic E-state index is -0.681. The van der Waals surface area contributed by atoms with Crippen LogP contribution in [0.5, 0.6) is 0 Å². The van der Waals surface area contributed by atoms with Crippen molar-refractivity contribution in [3.05, 3.63) is 17.7 Å². The second-order valence-electron chi connectivity index (χ2n) is 4.47. The Balaban J connectivity index is 2.47. The van der Waals surface area contributed by atoms with Gasteiger partial charge in [-0.1, -0.05) is 13.8 Å². The van der Waals surface area contributed by atoms with Gasteiger partial charge in [-0.05, 0) is 19.3 Å². The van der Waals surface area contributed by atoms with Crippen LogP contribution in [0.2, 0.25) is 0 Å². The average Bonchev–Trinajstić information content (AvgIpc) is 2.43. The highest BCUT2D eigenvalue weighted by atomic mass is 19.1. The first-order chi connectivity index (χ1) is 9.69. The van der Waals surface area contributed by atoms with Crippen LogP contribution in [0.1, 0.15) is 33.1 Å². The van der Waals surface area contributed by atoms with Crippen LogP contribution in [-0.4, -0.2) is 31.3 Å². The molecule has 1 aromatic heterocycles. The number of anilines is 2. The van der Waals surface area contributed by atoms with Crippen LogP contribution < -0.4 is 10.6 Å². The summed E-state index contributed by atoms with van der Waals surface area (Å²) < 4.78 is 32.3. The van der Waals surface area contributed by atoms with E-state index in [1.54, 1.807) is 0 Å². The van der Waals surface area contributed by atoms with E-state index in [2.05, 4.69) is 15.6 Å². The molecule has 0 amide bonds. The first-order valence-corrected chi connectivity index (χ1v) is 7.10. The molecule has 114 valence electrons. The predicted molar refractivity (Wildman–Crippen MR) is 77.2 cm³/mol. The molecule has 0 radical (unpaired) electrons. The predicted octanol–water partition coefficient (Wildman–Crippen LogP) is 3.41. The summed E-state index contributed by atoms with van der Waals surface area (Å²) in [7, 11) is 0. The van der Waals surface area contributed by atoms with Crippen molar-refractivity contribution in [1.29, 1.82) is 0 Å². The third-order valence-electron chi connectivity index (χ3n) is 2.58. The van der Waals surface area contributed by atoms with Gasteiger partial charge in [0, 0.05) is 32.4 Å². The monoisotopic (exact) mass is 287 g/mol. The number of aromatic nitrogens is 1. The van der Waals surface area contributed by atoms with E-state index in [9.17, 15) is 8.78 Å². The summed E-state index contributed by atoms with van der Waals surface area (Å²) in [6.45, 7) is 6.48. The molecule has 4 nitrogen and oxygen atoms in total. The molecule has 0 spiro atoms. The highest BCUT2D eigenvalue weighted by molar-refractivity contribution is 5.47. The molecule has 6 heteroatoms. The third-order valence-corrected chi connectivity index (χ3v) is 2.58. The zero-order valence-electron chi connectivity index (χ0n) is 12.1. The minimum Gasteiger partial charge on any atom is -0.381 e. The molecule has 0 aliphatic heterocycles. The number of ether oxygens (including phenoxy) is 1. The van der Waals surface area contributed by atoms with E-state index in [1.807, 2.05) is 13.8 Å². The van der Waals surface area contributed by atoms with Gasteiger partial charge in [-0.2, -0.15) is 0 Å². The fraction of sp³-hybridized carbons (Fsp3) is 0.643. The van der Waals surface area contributed by atoms with Crippen molar-refractivity contribution in [2.75, 3.05) is 36.9 Å². The molecule has 20 heavy (non-hydrogen) atoms. The maximum atomic E-state index is 13.6. The van der Waals surface area contributed by atoms with E-state index in [0.29, 0.717) is 19.7 Å². The Morgan fingerprint density at radius 3 is 2.25 bits per heavy atom. The molecule has 0 aromatic carbocycles. The molecule has 1 heterocycles. The van der Waals surface area contributed by atoms with Crippen molar-refractivity contribution in [1.82, 2.24) is 4.98 Å². The maximum absolute atomic E-state index is 13.6. The van der Waals surface area contributed by atoms with Crippen LogP contribution in [0.3, 0.4) is 0 Å². The normalized spacial score (nSPS) is 10.6. The lowest BCUT2D eigenvalue weighted by molar-refractivity contribution is 0.134. The molecule has 2 N–H and O–H groups in total. The summed E-state index contributed by atoms with van der Waals surface area (Å²) in [5.41, 5.74) is 0. The molecule has 1 aromatic rings. The SMILES string of the molecule is CCCNc1nc(NCCCOCCC)c(F)cc1F. The van der Waals surface area contributed by atoms with Gasteiger partial charge in [-0.3, -0.25) is 0 Å². The Labute approximate surface area is 118 Å². The highest BCUT2D eigenvalue weighted by Crippen LogP contribution is 2.18. The number of nitrogens with zero attached hydrogens (tertiary/aromatic N) is 1. The number of hydrogen-bond donors (Lipinski definition) is 2. The van der Waals surface area contributed by atoms with E-state index < -0.39 is 11.6 Å². The second-order valence-corrected chi connectivity index (χ2v) is 4.47. The fourth-order valence-electron chi connectivity index (χ4n) is 1.59. The molecule has 0 aliphatic rings. The van der Waals surface area contributed by atoms with Gasteiger partial charge in [0.15, 0.2) is 23.3 Å². The molecule has 0 saturated heterocycles. The molecule has 0 fully saturated rings. The van der Waals surface area contributed by atoms with Crippen molar-refractivity contribution in [2.45, 2.75) is 33.1 Å². The number of hydrogen-bond acceptors (Lipinski definition) is 4. The van der Waals surface area contributed by atoms with Crippen molar-refractivity contribution < 1.29 is 13.5 Å². The minimum absolute atomic E-state index is 0.0699. The first kappa shape index (κ1) is 16.6. The molecule has 0 unspecified atom stereocenters. The quantitative estimate of drug-likeness (QED) is 0.647. The topological polar surface area (TPSA) is 46.2 Å². The number of nitrogens with one attached hydrogen (secondary N) is 2. The van der Waals surface area contributed by atoms with Crippen LogP contribution in [0, 0.1) is 11.6 Å². The second kappa shape index (κ2) is 9.47. The number of pyridine rings is 1. The van der Waals surface area contributed by atoms with Gasteiger partial charge in [0.1, 0.15) is 0 Å². The summed E-state index contributed by atoms with van der Waals surface area (Å²) in [6.07, 6.45) is 2.57. The van der Waals surface area contributed by atoms with E-state index in [1.165, 1.54) is 0 Å². The Morgan fingerprint density at radius 1 is 1.00 bits per heavy atom. The van der Waals surface area contributed by atoms with Crippen LogP contribution in [-0.2, 0) is 4.74 Å². The standard InChI is InChI=1S/C14H23F2N3O/c1-3-6-17-13-11(15)10-12(16)14(19-13)18-7-5-9-20-8-4-2/h10H,3-9H2,1-2H3,(H2,17,18,19). The lowest BCUT2D eigenvalue weighted by Gasteiger charge is -2.11. The van der Waals surface area contributed by atoms with Gasteiger partial charge < -0.3 is 15.4 Å². The number of halogens is 2. The Bertz CT molecular complexity index is 402. The van der Waals surface area contributed by atoms with Crippen LogP contribution in [0.4, 0.5) is 20.4 Å². The van der Waals surface area contributed by atoms with Crippen molar-refractivity contribution in [2.24, 2.45) is 0 Å². The van der Waals surface area contributed by atoms with E-state index in [4.69, 9.17) is 4.74 Å². The van der Waals surface area contributed by atoms with Gasteiger partial charge in [-0.15, -0.1) is 0 Å². The summed E-state index contributed by atoms with van der Waals surface area (Å²) in [6, 6.07) is 0.848. The van der Waals surface area contributed by atoms with Gasteiger partial charge in [0.2, 0.25) is 0 Å². The van der Waals surface area contributed by atoms with Gasteiger partial charge in [-0.25, -0.2) is 13.8 Å².